The van der Waals surface area contributed by atoms with E-state index < -0.39 is 0 Å². The zero-order valence-corrected chi connectivity index (χ0v) is 12.3. The molecule has 0 aliphatic heterocycles. The van der Waals surface area contributed by atoms with Crippen molar-refractivity contribution in [2.75, 3.05) is 5.73 Å². The highest BCUT2D eigenvalue weighted by atomic mass is 79.9. The molecule has 2 N–H and O–H groups in total. The molecule has 0 amide bonds. The normalized spacial score (nSPS) is 10.7. The third kappa shape index (κ3) is 2.60. The molecule has 20 heavy (non-hydrogen) atoms. The summed E-state index contributed by atoms with van der Waals surface area (Å²) >= 11 is 3.45. The molecule has 2 aromatic carbocycles. The first-order valence-corrected chi connectivity index (χ1v) is 7.04. The van der Waals surface area contributed by atoms with Gasteiger partial charge in [0.2, 0.25) is 0 Å². The van der Waals surface area contributed by atoms with Crippen LogP contribution in [0, 0.1) is 0 Å². The van der Waals surface area contributed by atoms with E-state index in [9.17, 15) is 0 Å². The maximum Gasteiger partial charge on any atom is 0.156 e. The summed E-state index contributed by atoms with van der Waals surface area (Å²) in [5, 5.41) is 1.11. The highest BCUT2D eigenvalue weighted by Gasteiger charge is 2.06. The minimum absolute atomic E-state index is 0.470. The summed E-state index contributed by atoms with van der Waals surface area (Å²) in [6.45, 7) is 0.470. The Morgan fingerprint density at radius 2 is 2.00 bits per heavy atom. The average Bonchev–Trinajstić information content (AvgIpc) is 2.46. The minimum atomic E-state index is 0.470. The zero-order valence-electron chi connectivity index (χ0n) is 10.7. The van der Waals surface area contributed by atoms with Gasteiger partial charge in [-0.05, 0) is 51.8 Å². The summed E-state index contributed by atoms with van der Waals surface area (Å²) < 4.78 is 6.67. The van der Waals surface area contributed by atoms with Crippen LogP contribution in [-0.4, -0.2) is 4.98 Å². The van der Waals surface area contributed by atoms with Crippen molar-refractivity contribution in [1.29, 1.82) is 0 Å². The van der Waals surface area contributed by atoms with Crippen LogP contribution in [0.15, 0.2) is 59.2 Å². The number of pyridine rings is 1. The molecule has 3 aromatic rings. The molecule has 0 unspecified atom stereocenters. The Kier molecular flexibility index (Phi) is 3.56. The molecular formula is C16H13BrN2O. The first-order valence-electron chi connectivity index (χ1n) is 6.24. The Labute approximate surface area is 125 Å². The molecule has 0 bridgehead atoms. The number of rotatable bonds is 3. The predicted octanol–water partition coefficient (Wildman–Crippen LogP) is 4.16. The molecule has 0 aliphatic carbocycles. The molecule has 3 rings (SSSR count). The van der Waals surface area contributed by atoms with E-state index >= 15 is 0 Å². The highest BCUT2D eigenvalue weighted by molar-refractivity contribution is 9.10. The van der Waals surface area contributed by atoms with Gasteiger partial charge in [-0.1, -0.05) is 18.2 Å². The van der Waals surface area contributed by atoms with Crippen molar-refractivity contribution in [3.8, 4) is 5.75 Å². The summed E-state index contributed by atoms with van der Waals surface area (Å²) in [5.41, 5.74) is 8.60. The van der Waals surface area contributed by atoms with Crippen molar-refractivity contribution < 1.29 is 4.74 Å². The van der Waals surface area contributed by atoms with Crippen LogP contribution < -0.4 is 10.5 Å². The van der Waals surface area contributed by atoms with Crippen LogP contribution in [-0.2, 0) is 6.61 Å². The fourth-order valence-corrected chi connectivity index (χ4v) is 2.54. The molecule has 1 heterocycles. The molecule has 0 atom stereocenters. The van der Waals surface area contributed by atoms with Crippen LogP contribution in [0.3, 0.4) is 0 Å². The standard InChI is InChI=1S/C16H13BrN2O/c17-13-4-1-5-14(18)16(13)20-10-11-6-7-15-12(9-11)3-2-8-19-15/h1-9H,10,18H2. The Balaban J connectivity index is 1.83. The molecule has 0 fully saturated rings. The van der Waals surface area contributed by atoms with E-state index in [0.29, 0.717) is 18.0 Å². The zero-order chi connectivity index (χ0) is 13.9. The topological polar surface area (TPSA) is 48.1 Å². The van der Waals surface area contributed by atoms with Gasteiger partial charge in [-0.15, -0.1) is 0 Å². The van der Waals surface area contributed by atoms with Gasteiger partial charge in [-0.25, -0.2) is 0 Å². The SMILES string of the molecule is Nc1cccc(Br)c1OCc1ccc2ncccc2c1. The Morgan fingerprint density at radius 1 is 1.10 bits per heavy atom. The first kappa shape index (κ1) is 12.9. The lowest BCUT2D eigenvalue weighted by Crippen LogP contribution is -1.99. The number of nitrogen functional groups attached to an aromatic ring is 1. The molecule has 1 aromatic heterocycles. The predicted molar refractivity (Wildman–Crippen MR) is 84.6 cm³/mol. The molecule has 0 spiro atoms. The van der Waals surface area contributed by atoms with Crippen molar-refractivity contribution >= 4 is 32.5 Å². The molecule has 4 heteroatoms. The van der Waals surface area contributed by atoms with Crippen LogP contribution in [0.4, 0.5) is 5.69 Å². The number of hydrogen-bond acceptors (Lipinski definition) is 3. The smallest absolute Gasteiger partial charge is 0.156 e. The Hall–Kier alpha value is -2.07. The summed E-state index contributed by atoms with van der Waals surface area (Å²) in [5.74, 6) is 0.679. The fourth-order valence-electron chi connectivity index (χ4n) is 2.05. The molecule has 100 valence electrons. The average molecular weight is 329 g/mol. The molecular weight excluding hydrogens is 316 g/mol. The summed E-state index contributed by atoms with van der Waals surface area (Å²) in [4.78, 5) is 4.30. The number of anilines is 1. The number of nitrogens with zero attached hydrogens (tertiary/aromatic N) is 1. The second kappa shape index (κ2) is 5.51. The van der Waals surface area contributed by atoms with E-state index in [-0.39, 0.29) is 0 Å². The lowest BCUT2D eigenvalue weighted by molar-refractivity contribution is 0.306. The first-order chi connectivity index (χ1) is 9.74. The molecule has 3 nitrogen and oxygen atoms in total. The van der Waals surface area contributed by atoms with Crippen molar-refractivity contribution in [2.24, 2.45) is 0 Å². The van der Waals surface area contributed by atoms with Gasteiger partial charge in [0.15, 0.2) is 5.75 Å². The largest absolute Gasteiger partial charge is 0.486 e. The highest BCUT2D eigenvalue weighted by Crippen LogP contribution is 2.31. The van der Waals surface area contributed by atoms with Crippen molar-refractivity contribution in [2.45, 2.75) is 6.61 Å². The van der Waals surface area contributed by atoms with Crippen molar-refractivity contribution in [3.05, 3.63) is 64.8 Å². The number of benzene rings is 2. The number of aromatic nitrogens is 1. The fraction of sp³-hybridized carbons (Fsp3) is 0.0625. The quantitative estimate of drug-likeness (QED) is 0.734. The Morgan fingerprint density at radius 3 is 2.85 bits per heavy atom. The second-order valence-electron chi connectivity index (χ2n) is 4.48. The van der Waals surface area contributed by atoms with Crippen LogP contribution in [0.5, 0.6) is 5.75 Å². The van der Waals surface area contributed by atoms with Crippen LogP contribution in [0.1, 0.15) is 5.56 Å². The van der Waals surface area contributed by atoms with Crippen molar-refractivity contribution in [1.82, 2.24) is 4.98 Å². The third-order valence-electron chi connectivity index (χ3n) is 3.05. The number of halogens is 1. The van der Waals surface area contributed by atoms with Gasteiger partial charge in [0, 0.05) is 11.6 Å². The number of ether oxygens (including phenoxy) is 1. The van der Waals surface area contributed by atoms with Crippen LogP contribution in [0.2, 0.25) is 0 Å². The van der Waals surface area contributed by atoms with E-state index in [1.54, 1.807) is 6.20 Å². The van der Waals surface area contributed by atoms with Gasteiger partial charge < -0.3 is 10.5 Å². The molecule has 0 saturated heterocycles. The monoisotopic (exact) mass is 328 g/mol. The van der Waals surface area contributed by atoms with Gasteiger partial charge in [0.1, 0.15) is 6.61 Å². The van der Waals surface area contributed by atoms with E-state index in [0.717, 1.165) is 20.9 Å². The van der Waals surface area contributed by atoms with Crippen LogP contribution in [0.25, 0.3) is 10.9 Å². The number of fused-ring (bicyclic) bond motifs is 1. The van der Waals surface area contributed by atoms with Gasteiger partial charge in [0.05, 0.1) is 15.7 Å². The van der Waals surface area contributed by atoms with E-state index in [1.165, 1.54) is 0 Å². The number of hydrogen-bond donors (Lipinski definition) is 1. The van der Waals surface area contributed by atoms with Gasteiger partial charge in [0.25, 0.3) is 0 Å². The lowest BCUT2D eigenvalue weighted by Gasteiger charge is -2.11. The number of nitrogens with two attached hydrogens (primary N) is 1. The van der Waals surface area contributed by atoms with Gasteiger partial charge in [-0.2, -0.15) is 0 Å². The van der Waals surface area contributed by atoms with Gasteiger partial charge in [-0.3, -0.25) is 4.98 Å². The Bertz CT molecular complexity index is 738. The summed E-state index contributed by atoms with van der Waals surface area (Å²) in [7, 11) is 0. The maximum atomic E-state index is 5.91. The van der Waals surface area contributed by atoms with Gasteiger partial charge >= 0.3 is 0 Å². The maximum absolute atomic E-state index is 5.91. The number of para-hydroxylation sites is 1. The second-order valence-corrected chi connectivity index (χ2v) is 5.33. The minimum Gasteiger partial charge on any atom is -0.486 e. The van der Waals surface area contributed by atoms with Crippen molar-refractivity contribution in [3.63, 3.8) is 0 Å². The summed E-state index contributed by atoms with van der Waals surface area (Å²) in [6.07, 6.45) is 1.79. The van der Waals surface area contributed by atoms with Crippen LogP contribution >= 0.6 is 15.9 Å². The molecule has 0 aliphatic rings. The third-order valence-corrected chi connectivity index (χ3v) is 3.67. The van der Waals surface area contributed by atoms with E-state index in [1.807, 2.05) is 42.5 Å². The van der Waals surface area contributed by atoms with E-state index in [2.05, 4.69) is 27.0 Å². The molecule has 0 radical (unpaired) electrons. The van der Waals surface area contributed by atoms with E-state index in [4.69, 9.17) is 10.5 Å². The molecule has 0 saturated carbocycles. The lowest BCUT2D eigenvalue weighted by atomic mass is 10.1. The summed E-state index contributed by atoms with van der Waals surface area (Å²) in [6, 6.07) is 15.7.